The normalized spacial score (nSPS) is 15.0. The SMILES string of the molecule is COc1cc2c(cc1OC)CN(C(C)C(=O)Nc1ccc(F)cc1Cl)CC2. The van der Waals surface area contributed by atoms with Gasteiger partial charge in [-0.2, -0.15) is 0 Å². The van der Waals surface area contributed by atoms with E-state index < -0.39 is 5.82 Å². The summed E-state index contributed by atoms with van der Waals surface area (Å²) in [6, 6.07) is 7.50. The molecule has 0 bridgehead atoms. The van der Waals surface area contributed by atoms with E-state index in [-0.39, 0.29) is 17.0 Å². The monoisotopic (exact) mass is 392 g/mol. The van der Waals surface area contributed by atoms with Crippen molar-refractivity contribution in [1.82, 2.24) is 4.90 Å². The molecule has 5 nitrogen and oxygen atoms in total. The Labute approximate surface area is 163 Å². The zero-order valence-electron chi connectivity index (χ0n) is 15.5. The van der Waals surface area contributed by atoms with Crippen molar-refractivity contribution in [3.8, 4) is 11.5 Å². The third-order valence-electron chi connectivity index (χ3n) is 4.86. The number of methoxy groups -OCH3 is 2. The average molecular weight is 393 g/mol. The highest BCUT2D eigenvalue weighted by molar-refractivity contribution is 6.33. The standard InChI is InChI=1S/C20H22ClFN2O3/c1-12(20(25)23-17-5-4-15(22)10-16(17)21)24-7-6-13-8-18(26-2)19(27-3)9-14(13)11-24/h4-5,8-10,12H,6-7,11H2,1-3H3,(H,23,25). The van der Waals surface area contributed by atoms with Gasteiger partial charge in [-0.3, -0.25) is 9.69 Å². The van der Waals surface area contributed by atoms with E-state index in [0.29, 0.717) is 23.7 Å². The number of nitrogens with zero attached hydrogens (tertiary/aromatic N) is 1. The molecule has 0 aromatic heterocycles. The number of anilines is 1. The van der Waals surface area contributed by atoms with E-state index in [4.69, 9.17) is 21.1 Å². The minimum atomic E-state index is -0.442. The van der Waals surface area contributed by atoms with Gasteiger partial charge in [0.15, 0.2) is 11.5 Å². The zero-order chi connectivity index (χ0) is 19.6. The molecule has 1 atom stereocenters. The highest BCUT2D eigenvalue weighted by Crippen LogP contribution is 2.33. The van der Waals surface area contributed by atoms with Gasteiger partial charge in [0.05, 0.1) is 31.0 Å². The van der Waals surface area contributed by atoms with Gasteiger partial charge in [0.1, 0.15) is 5.82 Å². The Morgan fingerprint density at radius 3 is 2.48 bits per heavy atom. The Balaban J connectivity index is 1.73. The van der Waals surface area contributed by atoms with Crippen molar-refractivity contribution in [3.05, 3.63) is 52.3 Å². The molecule has 0 fully saturated rings. The molecule has 0 saturated carbocycles. The third kappa shape index (κ3) is 4.17. The predicted octanol–water partition coefficient (Wildman–Crippen LogP) is 3.88. The summed E-state index contributed by atoms with van der Waals surface area (Å²) in [5.41, 5.74) is 2.70. The Morgan fingerprint density at radius 2 is 1.85 bits per heavy atom. The second kappa shape index (κ2) is 8.15. The van der Waals surface area contributed by atoms with Crippen LogP contribution < -0.4 is 14.8 Å². The van der Waals surface area contributed by atoms with E-state index in [1.807, 2.05) is 19.1 Å². The molecule has 0 aliphatic carbocycles. The minimum absolute atomic E-state index is 0.177. The number of fused-ring (bicyclic) bond motifs is 1. The summed E-state index contributed by atoms with van der Waals surface area (Å²) in [6.45, 7) is 3.22. The van der Waals surface area contributed by atoms with Crippen LogP contribution in [0, 0.1) is 5.82 Å². The number of ether oxygens (including phenoxy) is 2. The quantitative estimate of drug-likeness (QED) is 0.838. The lowest BCUT2D eigenvalue weighted by molar-refractivity contribution is -0.121. The predicted molar refractivity (Wildman–Crippen MR) is 103 cm³/mol. The molecule has 27 heavy (non-hydrogen) atoms. The number of amides is 1. The van der Waals surface area contributed by atoms with E-state index in [1.54, 1.807) is 14.2 Å². The van der Waals surface area contributed by atoms with Crippen molar-refractivity contribution in [2.45, 2.75) is 25.9 Å². The Hall–Kier alpha value is -2.31. The fourth-order valence-electron chi connectivity index (χ4n) is 3.23. The van der Waals surface area contributed by atoms with Gasteiger partial charge in [0, 0.05) is 13.1 Å². The molecule has 1 aliphatic heterocycles. The smallest absolute Gasteiger partial charge is 0.241 e. The molecule has 1 aliphatic rings. The molecule has 1 amide bonds. The number of hydrogen-bond donors (Lipinski definition) is 1. The van der Waals surface area contributed by atoms with Crippen LogP contribution in [0.2, 0.25) is 5.02 Å². The van der Waals surface area contributed by atoms with Crippen LogP contribution >= 0.6 is 11.6 Å². The van der Waals surface area contributed by atoms with Crippen molar-refractivity contribution in [2.75, 3.05) is 26.1 Å². The van der Waals surface area contributed by atoms with Gasteiger partial charge in [-0.1, -0.05) is 11.6 Å². The molecule has 1 unspecified atom stereocenters. The summed E-state index contributed by atoms with van der Waals surface area (Å²) in [5, 5.41) is 2.95. The van der Waals surface area contributed by atoms with E-state index in [1.165, 1.54) is 23.8 Å². The largest absolute Gasteiger partial charge is 0.493 e. The third-order valence-corrected chi connectivity index (χ3v) is 5.18. The van der Waals surface area contributed by atoms with Crippen molar-refractivity contribution in [1.29, 1.82) is 0 Å². The van der Waals surface area contributed by atoms with Gasteiger partial charge in [0.2, 0.25) is 5.91 Å². The Morgan fingerprint density at radius 1 is 1.19 bits per heavy atom. The van der Waals surface area contributed by atoms with Crippen LogP contribution in [0.1, 0.15) is 18.1 Å². The van der Waals surface area contributed by atoms with Gasteiger partial charge in [-0.25, -0.2) is 4.39 Å². The van der Waals surface area contributed by atoms with Crippen LogP contribution in [-0.2, 0) is 17.8 Å². The first-order valence-electron chi connectivity index (χ1n) is 8.66. The molecule has 1 heterocycles. The van der Waals surface area contributed by atoms with Crippen molar-refractivity contribution in [3.63, 3.8) is 0 Å². The molecule has 2 aromatic carbocycles. The molecular weight excluding hydrogens is 371 g/mol. The highest BCUT2D eigenvalue weighted by atomic mass is 35.5. The summed E-state index contributed by atoms with van der Waals surface area (Å²) in [6.07, 6.45) is 0.810. The average Bonchev–Trinajstić information content (AvgIpc) is 2.67. The molecule has 3 rings (SSSR count). The second-order valence-electron chi connectivity index (χ2n) is 6.49. The van der Waals surface area contributed by atoms with Crippen LogP contribution in [-0.4, -0.2) is 37.6 Å². The summed E-state index contributed by atoms with van der Waals surface area (Å²) in [7, 11) is 3.22. The first-order chi connectivity index (χ1) is 12.9. The zero-order valence-corrected chi connectivity index (χ0v) is 16.3. The summed E-state index contributed by atoms with van der Waals surface area (Å²) < 4.78 is 23.9. The maximum absolute atomic E-state index is 13.2. The fourth-order valence-corrected chi connectivity index (χ4v) is 3.44. The van der Waals surface area contributed by atoms with Crippen molar-refractivity contribution >= 4 is 23.2 Å². The van der Waals surface area contributed by atoms with Crippen molar-refractivity contribution in [2.24, 2.45) is 0 Å². The van der Waals surface area contributed by atoms with Gasteiger partial charge in [-0.05, 0) is 54.8 Å². The van der Waals surface area contributed by atoms with E-state index >= 15 is 0 Å². The Kier molecular flexibility index (Phi) is 5.87. The molecular formula is C20H22ClFN2O3. The summed E-state index contributed by atoms with van der Waals surface area (Å²) in [5.74, 6) is 0.755. The Bertz CT molecular complexity index is 859. The number of nitrogens with one attached hydrogen (secondary N) is 1. The fraction of sp³-hybridized carbons (Fsp3) is 0.350. The van der Waals surface area contributed by atoms with Crippen LogP contribution in [0.4, 0.5) is 10.1 Å². The minimum Gasteiger partial charge on any atom is -0.493 e. The van der Waals surface area contributed by atoms with Crippen molar-refractivity contribution < 1.29 is 18.7 Å². The van der Waals surface area contributed by atoms with E-state index in [2.05, 4.69) is 10.2 Å². The second-order valence-corrected chi connectivity index (χ2v) is 6.89. The lowest BCUT2D eigenvalue weighted by atomic mass is 9.97. The van der Waals surface area contributed by atoms with Gasteiger partial charge in [0.25, 0.3) is 0 Å². The molecule has 0 spiro atoms. The maximum atomic E-state index is 13.2. The van der Waals surface area contributed by atoms with Crippen LogP contribution in [0.3, 0.4) is 0 Å². The van der Waals surface area contributed by atoms with Gasteiger partial charge >= 0.3 is 0 Å². The molecule has 0 saturated heterocycles. The topological polar surface area (TPSA) is 50.8 Å². The molecule has 144 valence electrons. The number of carbonyl (C=O) groups excluding carboxylic acids is 1. The molecule has 7 heteroatoms. The van der Waals surface area contributed by atoms with Crippen LogP contribution in [0.25, 0.3) is 0 Å². The summed E-state index contributed by atoms with van der Waals surface area (Å²) >= 11 is 6.00. The van der Waals surface area contributed by atoms with Gasteiger partial charge in [-0.15, -0.1) is 0 Å². The lowest BCUT2D eigenvalue weighted by Gasteiger charge is -2.33. The molecule has 0 radical (unpaired) electrons. The molecule has 2 aromatic rings. The maximum Gasteiger partial charge on any atom is 0.241 e. The van der Waals surface area contributed by atoms with Gasteiger partial charge < -0.3 is 14.8 Å². The first-order valence-corrected chi connectivity index (χ1v) is 9.04. The number of carbonyl (C=O) groups is 1. The van der Waals surface area contributed by atoms with E-state index in [9.17, 15) is 9.18 Å². The van der Waals surface area contributed by atoms with E-state index in [0.717, 1.165) is 18.5 Å². The molecule has 1 N–H and O–H groups in total. The highest BCUT2D eigenvalue weighted by Gasteiger charge is 2.27. The summed E-state index contributed by atoms with van der Waals surface area (Å²) in [4.78, 5) is 14.7. The number of rotatable bonds is 5. The van der Waals surface area contributed by atoms with Crippen LogP contribution in [0.15, 0.2) is 30.3 Å². The lowest BCUT2D eigenvalue weighted by Crippen LogP contribution is -2.44. The number of hydrogen-bond acceptors (Lipinski definition) is 4. The number of halogens is 2. The van der Waals surface area contributed by atoms with Crippen LogP contribution in [0.5, 0.6) is 11.5 Å². The first kappa shape index (κ1) is 19.5. The number of benzene rings is 2.